The van der Waals surface area contributed by atoms with Crippen molar-refractivity contribution in [2.75, 3.05) is 20.4 Å². The molecule has 0 radical (unpaired) electrons. The van der Waals surface area contributed by atoms with Crippen molar-refractivity contribution >= 4 is 0 Å². The molecule has 66 valence electrons. The Kier molecular flexibility index (Phi) is 3.30. The van der Waals surface area contributed by atoms with E-state index in [4.69, 9.17) is 4.74 Å². The molecule has 1 rings (SSSR count). The van der Waals surface area contributed by atoms with E-state index in [1.54, 1.807) is 0 Å². The van der Waals surface area contributed by atoms with Crippen molar-refractivity contribution < 1.29 is 4.74 Å². The molecule has 1 aliphatic heterocycles. The first-order valence-corrected chi connectivity index (χ1v) is 4.24. The maximum Gasteiger partial charge on any atom is 0.109 e. The quantitative estimate of drug-likeness (QED) is 0.644. The van der Waals surface area contributed by atoms with Crippen molar-refractivity contribution in [3.05, 3.63) is 0 Å². The van der Waals surface area contributed by atoms with Crippen LogP contribution in [0.5, 0.6) is 0 Å². The highest BCUT2D eigenvalue weighted by atomic mass is 16.5. The number of nitrogens with zero attached hydrogens (tertiary/aromatic N) is 1. The normalized spacial score (nSPS) is 27.8. The summed E-state index contributed by atoms with van der Waals surface area (Å²) in [5.74, 6) is 0.742. The van der Waals surface area contributed by atoms with Gasteiger partial charge in [-0.2, -0.15) is 0 Å². The summed E-state index contributed by atoms with van der Waals surface area (Å²) in [6, 6.07) is 0.545. The zero-order chi connectivity index (χ0) is 8.27. The second-order valence-electron chi connectivity index (χ2n) is 3.57. The van der Waals surface area contributed by atoms with E-state index in [-0.39, 0.29) is 0 Å². The van der Waals surface area contributed by atoms with Crippen LogP contribution < -0.4 is 5.43 Å². The Morgan fingerprint density at radius 2 is 2.36 bits per heavy atom. The van der Waals surface area contributed by atoms with E-state index in [0.717, 1.165) is 12.5 Å². The molecule has 1 atom stereocenters. The molecule has 3 nitrogen and oxygen atoms in total. The van der Waals surface area contributed by atoms with Crippen LogP contribution in [0.25, 0.3) is 0 Å². The average Bonchev–Trinajstić information content (AvgIpc) is 1.93. The SMILES string of the molecule is CC(C)CC1COCNN1C. The molecule has 3 heteroatoms. The van der Waals surface area contributed by atoms with Crippen LogP contribution in [0, 0.1) is 5.92 Å². The molecule has 0 aromatic carbocycles. The lowest BCUT2D eigenvalue weighted by Gasteiger charge is -2.33. The molecule has 0 spiro atoms. The maximum atomic E-state index is 5.30. The van der Waals surface area contributed by atoms with E-state index in [2.05, 4.69) is 31.3 Å². The largest absolute Gasteiger partial charge is 0.363 e. The molecule has 0 bridgehead atoms. The van der Waals surface area contributed by atoms with Crippen LogP contribution in [0.2, 0.25) is 0 Å². The lowest BCUT2D eigenvalue weighted by atomic mass is 10.0. The van der Waals surface area contributed by atoms with Crippen molar-refractivity contribution in [2.45, 2.75) is 26.3 Å². The van der Waals surface area contributed by atoms with Gasteiger partial charge in [-0.15, -0.1) is 0 Å². The minimum absolute atomic E-state index is 0.545. The topological polar surface area (TPSA) is 24.5 Å². The van der Waals surface area contributed by atoms with Crippen LogP contribution in [0.4, 0.5) is 0 Å². The van der Waals surface area contributed by atoms with Gasteiger partial charge in [0.1, 0.15) is 6.73 Å². The van der Waals surface area contributed by atoms with Crippen molar-refractivity contribution in [2.24, 2.45) is 5.92 Å². The fourth-order valence-corrected chi connectivity index (χ4v) is 1.35. The highest BCUT2D eigenvalue weighted by molar-refractivity contribution is 4.69. The van der Waals surface area contributed by atoms with Crippen LogP contribution in [0.15, 0.2) is 0 Å². The molecule has 0 aliphatic carbocycles. The Bertz CT molecular complexity index is 117. The second kappa shape index (κ2) is 4.04. The van der Waals surface area contributed by atoms with Gasteiger partial charge in [0, 0.05) is 13.1 Å². The van der Waals surface area contributed by atoms with Crippen LogP contribution >= 0.6 is 0 Å². The van der Waals surface area contributed by atoms with E-state index < -0.39 is 0 Å². The molecule has 1 fully saturated rings. The first kappa shape index (κ1) is 8.97. The van der Waals surface area contributed by atoms with Crippen molar-refractivity contribution in [3.8, 4) is 0 Å². The zero-order valence-corrected chi connectivity index (χ0v) is 7.63. The van der Waals surface area contributed by atoms with Gasteiger partial charge in [-0.1, -0.05) is 13.8 Å². The summed E-state index contributed by atoms with van der Waals surface area (Å²) in [4.78, 5) is 0. The molecule has 1 unspecified atom stereocenters. The van der Waals surface area contributed by atoms with E-state index >= 15 is 0 Å². The summed E-state index contributed by atoms with van der Waals surface area (Å²) < 4.78 is 5.30. The summed E-state index contributed by atoms with van der Waals surface area (Å²) in [6.07, 6.45) is 1.20. The van der Waals surface area contributed by atoms with Gasteiger partial charge < -0.3 is 4.74 Å². The standard InChI is InChI=1S/C8H18N2O/c1-7(2)4-8-5-11-6-9-10(8)3/h7-9H,4-6H2,1-3H3. The Hall–Kier alpha value is -0.120. The van der Waals surface area contributed by atoms with E-state index in [0.29, 0.717) is 12.8 Å². The van der Waals surface area contributed by atoms with Gasteiger partial charge in [-0.25, -0.2) is 10.4 Å². The highest BCUT2D eigenvalue weighted by Gasteiger charge is 2.19. The molecular formula is C8H18N2O. The number of likely N-dealkylation sites (N-methyl/N-ethyl adjacent to an activating group) is 1. The number of nitrogens with one attached hydrogen (secondary N) is 1. The fraction of sp³-hybridized carbons (Fsp3) is 1.00. The van der Waals surface area contributed by atoms with E-state index in [1.165, 1.54) is 6.42 Å². The monoisotopic (exact) mass is 158 g/mol. The van der Waals surface area contributed by atoms with Crippen LogP contribution in [-0.4, -0.2) is 31.4 Å². The van der Waals surface area contributed by atoms with Crippen molar-refractivity contribution in [1.82, 2.24) is 10.4 Å². The van der Waals surface area contributed by atoms with Gasteiger partial charge in [0.15, 0.2) is 0 Å². The number of hydrogen-bond donors (Lipinski definition) is 1. The summed E-state index contributed by atoms with van der Waals surface area (Å²) in [6.45, 7) is 6.00. The van der Waals surface area contributed by atoms with Gasteiger partial charge in [0.05, 0.1) is 6.61 Å². The van der Waals surface area contributed by atoms with E-state index in [1.807, 2.05) is 0 Å². The third-order valence-electron chi connectivity index (χ3n) is 2.02. The zero-order valence-electron chi connectivity index (χ0n) is 7.63. The lowest BCUT2D eigenvalue weighted by molar-refractivity contribution is -0.0532. The molecule has 1 saturated heterocycles. The van der Waals surface area contributed by atoms with Crippen molar-refractivity contribution in [1.29, 1.82) is 0 Å². The Morgan fingerprint density at radius 3 is 2.91 bits per heavy atom. The Balaban J connectivity index is 2.29. The van der Waals surface area contributed by atoms with Gasteiger partial charge in [-0.3, -0.25) is 0 Å². The Morgan fingerprint density at radius 1 is 1.64 bits per heavy atom. The summed E-state index contributed by atoms with van der Waals surface area (Å²) in [7, 11) is 2.08. The van der Waals surface area contributed by atoms with Gasteiger partial charge in [0.2, 0.25) is 0 Å². The summed E-state index contributed by atoms with van der Waals surface area (Å²) in [5.41, 5.74) is 3.15. The summed E-state index contributed by atoms with van der Waals surface area (Å²) >= 11 is 0. The highest BCUT2D eigenvalue weighted by Crippen LogP contribution is 2.11. The second-order valence-corrected chi connectivity index (χ2v) is 3.57. The maximum absolute atomic E-state index is 5.30. The molecule has 0 amide bonds. The Labute approximate surface area is 68.7 Å². The smallest absolute Gasteiger partial charge is 0.109 e. The number of hydrogen-bond acceptors (Lipinski definition) is 3. The lowest BCUT2D eigenvalue weighted by Crippen LogP contribution is -2.51. The molecular weight excluding hydrogens is 140 g/mol. The minimum atomic E-state index is 0.545. The molecule has 11 heavy (non-hydrogen) atoms. The number of ether oxygens (including phenoxy) is 1. The van der Waals surface area contributed by atoms with Crippen LogP contribution in [0.1, 0.15) is 20.3 Å². The molecule has 0 aromatic rings. The average molecular weight is 158 g/mol. The first-order valence-electron chi connectivity index (χ1n) is 4.24. The predicted octanol–water partition coefficient (Wildman–Crippen LogP) is 0.825. The third kappa shape index (κ3) is 2.77. The first-order chi connectivity index (χ1) is 5.20. The molecule has 0 saturated carbocycles. The fourth-order valence-electron chi connectivity index (χ4n) is 1.35. The molecule has 1 aliphatic rings. The number of hydrazine groups is 1. The predicted molar refractivity (Wildman–Crippen MR) is 45.0 cm³/mol. The molecule has 0 aromatic heterocycles. The van der Waals surface area contributed by atoms with Gasteiger partial charge >= 0.3 is 0 Å². The van der Waals surface area contributed by atoms with E-state index in [9.17, 15) is 0 Å². The summed E-state index contributed by atoms with van der Waals surface area (Å²) in [5, 5.41) is 2.16. The van der Waals surface area contributed by atoms with Crippen LogP contribution in [0.3, 0.4) is 0 Å². The van der Waals surface area contributed by atoms with Crippen LogP contribution in [-0.2, 0) is 4.74 Å². The minimum Gasteiger partial charge on any atom is -0.363 e. The van der Waals surface area contributed by atoms with Gasteiger partial charge in [-0.05, 0) is 12.3 Å². The molecule has 1 N–H and O–H groups in total. The third-order valence-corrected chi connectivity index (χ3v) is 2.02. The van der Waals surface area contributed by atoms with Gasteiger partial charge in [0.25, 0.3) is 0 Å². The van der Waals surface area contributed by atoms with Crippen molar-refractivity contribution in [3.63, 3.8) is 0 Å². The molecule has 1 heterocycles. The number of rotatable bonds is 2.